The molecule has 0 radical (unpaired) electrons. The van der Waals surface area contributed by atoms with E-state index >= 15 is 0 Å². The summed E-state index contributed by atoms with van der Waals surface area (Å²) >= 11 is 1.57. The zero-order chi connectivity index (χ0) is 21.3. The highest BCUT2D eigenvalue weighted by Crippen LogP contribution is 2.28. The van der Waals surface area contributed by atoms with Crippen molar-refractivity contribution >= 4 is 22.1 Å². The third-order valence-electron chi connectivity index (χ3n) is 5.30. The summed E-state index contributed by atoms with van der Waals surface area (Å²) in [4.78, 5) is 13.9. The van der Waals surface area contributed by atoms with Crippen molar-refractivity contribution in [3.63, 3.8) is 0 Å². The topological polar surface area (TPSA) is 64.3 Å². The summed E-state index contributed by atoms with van der Waals surface area (Å²) in [6.45, 7) is 6.17. The normalized spacial score (nSPS) is 12.3. The fourth-order valence-electron chi connectivity index (χ4n) is 3.53. The molecule has 0 aliphatic rings. The van der Waals surface area contributed by atoms with Crippen LogP contribution in [0.2, 0.25) is 0 Å². The standard InChI is InChI=1S/C24H24N2O3S/c1-15-10-11-16(2)23(17(15)3)29-14-18(27)13-26-24(28)20-8-5-4-7-19(20)22(25-26)21-9-6-12-30-21/h4-12,18,27H,13-14H2,1-3H3. The van der Waals surface area contributed by atoms with E-state index in [-0.39, 0.29) is 18.7 Å². The van der Waals surface area contributed by atoms with Crippen LogP contribution in [0.4, 0.5) is 0 Å². The first-order valence-electron chi connectivity index (χ1n) is 9.87. The first-order chi connectivity index (χ1) is 14.5. The third kappa shape index (κ3) is 3.88. The second-order valence-corrected chi connectivity index (χ2v) is 8.42. The number of hydrogen-bond acceptors (Lipinski definition) is 5. The van der Waals surface area contributed by atoms with Crippen LogP contribution in [0.1, 0.15) is 16.7 Å². The predicted molar refractivity (Wildman–Crippen MR) is 121 cm³/mol. The van der Waals surface area contributed by atoms with Crippen molar-refractivity contribution in [3.8, 4) is 16.3 Å². The molecular formula is C24H24N2O3S. The smallest absolute Gasteiger partial charge is 0.274 e. The van der Waals surface area contributed by atoms with Crippen LogP contribution in [-0.2, 0) is 6.54 Å². The Hall–Kier alpha value is -2.96. The van der Waals surface area contributed by atoms with Crippen LogP contribution < -0.4 is 10.3 Å². The van der Waals surface area contributed by atoms with Gasteiger partial charge in [-0.1, -0.05) is 36.4 Å². The summed E-state index contributed by atoms with van der Waals surface area (Å²) in [7, 11) is 0. The molecule has 0 saturated heterocycles. The van der Waals surface area contributed by atoms with E-state index in [2.05, 4.69) is 11.2 Å². The van der Waals surface area contributed by atoms with Crippen LogP contribution in [0.15, 0.2) is 58.7 Å². The predicted octanol–water partition coefficient (Wildman–Crippen LogP) is 4.49. The van der Waals surface area contributed by atoms with Crippen molar-refractivity contribution in [3.05, 3.63) is 81.0 Å². The Labute approximate surface area is 179 Å². The zero-order valence-corrected chi connectivity index (χ0v) is 18.1. The van der Waals surface area contributed by atoms with Crippen LogP contribution in [0.3, 0.4) is 0 Å². The van der Waals surface area contributed by atoms with Gasteiger partial charge in [0.1, 0.15) is 24.2 Å². The molecule has 0 bridgehead atoms. The highest BCUT2D eigenvalue weighted by atomic mass is 32.1. The molecule has 6 heteroatoms. The molecule has 0 aliphatic heterocycles. The van der Waals surface area contributed by atoms with Crippen molar-refractivity contribution in [2.24, 2.45) is 0 Å². The van der Waals surface area contributed by atoms with Gasteiger partial charge in [0.15, 0.2) is 0 Å². The van der Waals surface area contributed by atoms with E-state index < -0.39 is 6.10 Å². The molecule has 154 valence electrons. The number of hydrogen-bond donors (Lipinski definition) is 1. The molecule has 0 aliphatic carbocycles. The molecule has 1 atom stereocenters. The highest BCUT2D eigenvalue weighted by molar-refractivity contribution is 7.13. The van der Waals surface area contributed by atoms with Crippen LogP contribution >= 0.6 is 11.3 Å². The molecule has 5 nitrogen and oxygen atoms in total. The number of thiophene rings is 1. The molecule has 0 amide bonds. The van der Waals surface area contributed by atoms with Crippen molar-refractivity contribution < 1.29 is 9.84 Å². The quantitative estimate of drug-likeness (QED) is 0.499. The largest absolute Gasteiger partial charge is 0.490 e. The van der Waals surface area contributed by atoms with Gasteiger partial charge in [0, 0.05) is 5.39 Å². The maximum atomic E-state index is 13.0. The monoisotopic (exact) mass is 420 g/mol. The second kappa shape index (κ2) is 8.42. The minimum atomic E-state index is -0.869. The van der Waals surface area contributed by atoms with E-state index in [0.29, 0.717) is 5.39 Å². The fraction of sp³-hybridized carbons (Fsp3) is 0.250. The molecule has 1 unspecified atom stereocenters. The number of aromatic nitrogens is 2. The molecule has 4 aromatic rings. The molecule has 0 fully saturated rings. The van der Waals surface area contributed by atoms with Crippen LogP contribution in [0, 0.1) is 20.8 Å². The summed E-state index contributed by atoms with van der Waals surface area (Å²) in [5.41, 5.74) is 3.75. The van der Waals surface area contributed by atoms with Crippen molar-refractivity contribution in [2.75, 3.05) is 6.61 Å². The highest BCUT2D eigenvalue weighted by Gasteiger charge is 2.16. The Morgan fingerprint density at radius 1 is 1.03 bits per heavy atom. The summed E-state index contributed by atoms with van der Waals surface area (Å²) in [6, 6.07) is 15.5. The van der Waals surface area contributed by atoms with E-state index in [1.807, 2.05) is 62.5 Å². The second-order valence-electron chi connectivity index (χ2n) is 7.48. The number of benzene rings is 2. The van der Waals surface area contributed by atoms with Crippen LogP contribution in [0.25, 0.3) is 21.3 Å². The number of aryl methyl sites for hydroxylation is 2. The molecule has 0 saturated carbocycles. The minimum absolute atomic E-state index is 0.0615. The molecule has 30 heavy (non-hydrogen) atoms. The van der Waals surface area contributed by atoms with Gasteiger partial charge in [-0.15, -0.1) is 11.3 Å². The number of aliphatic hydroxyl groups excluding tert-OH is 1. The Kier molecular flexibility index (Phi) is 5.70. The summed E-state index contributed by atoms with van der Waals surface area (Å²) in [5, 5.41) is 18.6. The minimum Gasteiger partial charge on any atom is -0.490 e. The van der Waals surface area contributed by atoms with E-state index in [1.54, 1.807) is 17.4 Å². The third-order valence-corrected chi connectivity index (χ3v) is 6.18. The maximum absolute atomic E-state index is 13.0. The molecule has 2 heterocycles. The molecule has 1 N–H and O–H groups in total. The summed E-state index contributed by atoms with van der Waals surface area (Å²) in [6.07, 6.45) is -0.869. The maximum Gasteiger partial charge on any atom is 0.274 e. The lowest BCUT2D eigenvalue weighted by atomic mass is 10.1. The number of aliphatic hydroxyl groups is 1. The van der Waals surface area contributed by atoms with Crippen LogP contribution in [0.5, 0.6) is 5.75 Å². The number of nitrogens with zero attached hydrogens (tertiary/aromatic N) is 2. The lowest BCUT2D eigenvalue weighted by Crippen LogP contribution is -2.32. The number of ether oxygens (including phenoxy) is 1. The van der Waals surface area contributed by atoms with Gasteiger partial charge in [-0.25, -0.2) is 4.68 Å². The van der Waals surface area contributed by atoms with Gasteiger partial charge >= 0.3 is 0 Å². The first-order valence-corrected chi connectivity index (χ1v) is 10.7. The Bertz CT molecular complexity index is 1250. The van der Waals surface area contributed by atoms with Gasteiger partial charge in [-0.3, -0.25) is 4.79 Å². The van der Waals surface area contributed by atoms with Gasteiger partial charge in [0.2, 0.25) is 0 Å². The lowest BCUT2D eigenvalue weighted by molar-refractivity contribution is 0.0876. The van der Waals surface area contributed by atoms with Crippen LogP contribution in [-0.4, -0.2) is 27.6 Å². The van der Waals surface area contributed by atoms with Crippen molar-refractivity contribution in [1.82, 2.24) is 9.78 Å². The average Bonchev–Trinajstić information content (AvgIpc) is 3.27. The SMILES string of the molecule is Cc1ccc(C)c(OCC(O)Cn2nc(-c3cccs3)c3ccccc3c2=O)c1C. The fourth-order valence-corrected chi connectivity index (χ4v) is 4.26. The summed E-state index contributed by atoms with van der Waals surface area (Å²) in [5.74, 6) is 0.784. The number of fused-ring (bicyclic) bond motifs is 1. The molecule has 0 spiro atoms. The van der Waals surface area contributed by atoms with Gasteiger partial charge < -0.3 is 9.84 Å². The number of rotatable bonds is 6. The van der Waals surface area contributed by atoms with E-state index in [1.165, 1.54) is 4.68 Å². The van der Waals surface area contributed by atoms with Crippen molar-refractivity contribution in [2.45, 2.75) is 33.4 Å². The van der Waals surface area contributed by atoms with E-state index in [0.717, 1.165) is 38.4 Å². The average molecular weight is 421 g/mol. The molecule has 2 aromatic heterocycles. The Morgan fingerprint density at radius 3 is 2.50 bits per heavy atom. The molecule has 2 aromatic carbocycles. The first kappa shape index (κ1) is 20.3. The van der Waals surface area contributed by atoms with E-state index in [9.17, 15) is 9.90 Å². The molecule has 4 rings (SSSR count). The van der Waals surface area contributed by atoms with Gasteiger partial charge in [0.25, 0.3) is 5.56 Å². The lowest BCUT2D eigenvalue weighted by Gasteiger charge is -2.18. The Morgan fingerprint density at radius 2 is 1.77 bits per heavy atom. The van der Waals surface area contributed by atoms with E-state index in [4.69, 9.17) is 4.74 Å². The summed E-state index contributed by atoms with van der Waals surface area (Å²) < 4.78 is 7.27. The van der Waals surface area contributed by atoms with Gasteiger partial charge in [0.05, 0.1) is 16.8 Å². The Balaban J connectivity index is 1.62. The molecular weight excluding hydrogens is 396 g/mol. The van der Waals surface area contributed by atoms with Gasteiger partial charge in [-0.2, -0.15) is 5.10 Å². The van der Waals surface area contributed by atoms with Gasteiger partial charge in [-0.05, 0) is 55.0 Å². The zero-order valence-electron chi connectivity index (χ0n) is 17.3. The van der Waals surface area contributed by atoms with Crippen molar-refractivity contribution in [1.29, 1.82) is 0 Å².